The van der Waals surface area contributed by atoms with Gasteiger partial charge in [0, 0.05) is 17.8 Å². The summed E-state index contributed by atoms with van der Waals surface area (Å²) in [5.74, 6) is -1.43. The van der Waals surface area contributed by atoms with Gasteiger partial charge in [0.25, 0.3) is 0 Å². The Hall–Kier alpha value is -2.06. The summed E-state index contributed by atoms with van der Waals surface area (Å²) in [7, 11) is 0. The molecule has 3 aliphatic heterocycles. The van der Waals surface area contributed by atoms with Gasteiger partial charge in [-0.2, -0.15) is 0 Å². The lowest BCUT2D eigenvalue weighted by atomic mass is 9.66. The second kappa shape index (κ2) is 9.29. The predicted octanol–water partition coefficient (Wildman–Crippen LogP) is 2.11. The van der Waals surface area contributed by atoms with E-state index in [1.54, 1.807) is 16.7 Å². The largest absolute Gasteiger partial charge is 0.394 e. The third-order valence-electron chi connectivity index (χ3n) is 7.41. The molecule has 4 rings (SSSR count). The summed E-state index contributed by atoms with van der Waals surface area (Å²) in [6.07, 6.45) is 1.62. The smallest absolute Gasteiger partial charge is 0.244 e. The standard InChI is InChI=1S/C25H35N3O4S/c1-5-11-26-22(30)19-18-12-15(4)25(33-18)20(19)24(32)28(21(25)23(31)27-14(2)3)17(13-29)16-9-7-6-8-10-16/h6-10,14-15,17-21,29H,5,11-13H2,1-4H3,(H,26,30)(H,27,31)/t15?,17-,18+,19-,20+,21?,25?/m1/s1. The van der Waals surface area contributed by atoms with E-state index in [9.17, 15) is 19.5 Å². The van der Waals surface area contributed by atoms with Crippen LogP contribution in [0.1, 0.15) is 52.1 Å². The maximum atomic E-state index is 14.1. The molecular weight excluding hydrogens is 438 g/mol. The predicted molar refractivity (Wildman–Crippen MR) is 128 cm³/mol. The van der Waals surface area contributed by atoms with E-state index in [1.807, 2.05) is 51.1 Å². The first kappa shape index (κ1) is 24.1. The van der Waals surface area contributed by atoms with Crippen LogP contribution < -0.4 is 10.6 Å². The molecule has 3 heterocycles. The van der Waals surface area contributed by atoms with Gasteiger partial charge < -0.3 is 20.6 Å². The Labute approximate surface area is 200 Å². The van der Waals surface area contributed by atoms with Gasteiger partial charge in [0.1, 0.15) is 6.04 Å². The fourth-order valence-electron chi connectivity index (χ4n) is 6.15. The van der Waals surface area contributed by atoms with Gasteiger partial charge in [0.15, 0.2) is 0 Å². The molecule has 1 spiro atoms. The number of aliphatic hydroxyl groups is 1. The molecule has 3 saturated heterocycles. The topological polar surface area (TPSA) is 98.7 Å². The number of aliphatic hydroxyl groups excluding tert-OH is 1. The fourth-order valence-corrected chi connectivity index (χ4v) is 8.56. The zero-order valence-corrected chi connectivity index (χ0v) is 20.6. The van der Waals surface area contributed by atoms with Crippen LogP contribution >= 0.6 is 11.8 Å². The molecular formula is C25H35N3O4S. The number of carbonyl (C=O) groups excluding carboxylic acids is 3. The lowest BCUT2D eigenvalue weighted by Gasteiger charge is -2.40. The fraction of sp³-hybridized carbons (Fsp3) is 0.640. The summed E-state index contributed by atoms with van der Waals surface area (Å²) in [4.78, 5) is 42.6. The highest BCUT2D eigenvalue weighted by atomic mass is 32.2. The van der Waals surface area contributed by atoms with E-state index in [1.165, 1.54) is 0 Å². The Bertz CT molecular complexity index is 910. The second-order valence-electron chi connectivity index (χ2n) is 9.86. The van der Waals surface area contributed by atoms with Gasteiger partial charge in [-0.15, -0.1) is 11.8 Å². The number of amides is 3. The molecule has 33 heavy (non-hydrogen) atoms. The number of hydrogen-bond acceptors (Lipinski definition) is 5. The summed E-state index contributed by atoms with van der Waals surface area (Å²) >= 11 is 1.66. The van der Waals surface area contributed by atoms with E-state index in [0.717, 1.165) is 18.4 Å². The highest BCUT2D eigenvalue weighted by Gasteiger charge is 2.76. The SMILES string of the molecule is CCCNC(=O)[C@@H]1[C@@H]2CC(C)C3(S2)C(C(=O)NC(C)C)N([C@H](CO)c2ccccc2)C(=O)[C@H]13. The molecule has 7 atom stereocenters. The first-order valence-electron chi connectivity index (χ1n) is 12.0. The Kier molecular flexibility index (Phi) is 6.78. The van der Waals surface area contributed by atoms with Crippen LogP contribution in [0.25, 0.3) is 0 Å². The average molecular weight is 474 g/mol. The average Bonchev–Trinajstić information content (AvgIpc) is 3.37. The van der Waals surface area contributed by atoms with Crippen LogP contribution in [-0.2, 0) is 14.4 Å². The van der Waals surface area contributed by atoms with Gasteiger partial charge in [0.05, 0.1) is 29.2 Å². The molecule has 3 fully saturated rings. The number of benzene rings is 1. The number of rotatable bonds is 8. The van der Waals surface area contributed by atoms with Crippen LogP contribution in [0.4, 0.5) is 0 Å². The lowest BCUT2D eigenvalue weighted by molar-refractivity contribution is -0.143. The summed E-state index contributed by atoms with van der Waals surface area (Å²) in [5, 5.41) is 16.5. The first-order chi connectivity index (χ1) is 15.8. The van der Waals surface area contributed by atoms with Crippen molar-refractivity contribution >= 4 is 29.5 Å². The normalized spacial score (nSPS) is 33.3. The minimum Gasteiger partial charge on any atom is -0.394 e. The summed E-state index contributed by atoms with van der Waals surface area (Å²) in [6, 6.07) is 7.88. The summed E-state index contributed by atoms with van der Waals surface area (Å²) in [5.41, 5.74) is 0.784. The van der Waals surface area contributed by atoms with Crippen LogP contribution in [-0.4, -0.2) is 63.0 Å². The maximum absolute atomic E-state index is 14.1. The van der Waals surface area contributed by atoms with E-state index in [0.29, 0.717) is 6.54 Å². The van der Waals surface area contributed by atoms with Gasteiger partial charge in [-0.05, 0) is 38.2 Å². The molecule has 3 N–H and O–H groups in total. The molecule has 0 radical (unpaired) electrons. The van der Waals surface area contributed by atoms with Gasteiger partial charge in [-0.25, -0.2) is 0 Å². The number of nitrogens with one attached hydrogen (secondary N) is 2. The van der Waals surface area contributed by atoms with Gasteiger partial charge in [0.2, 0.25) is 17.7 Å². The Morgan fingerprint density at radius 1 is 1.24 bits per heavy atom. The van der Waals surface area contributed by atoms with Crippen LogP contribution in [0, 0.1) is 17.8 Å². The van der Waals surface area contributed by atoms with Crippen molar-refractivity contribution in [3.05, 3.63) is 35.9 Å². The molecule has 1 aromatic rings. The second-order valence-corrected chi connectivity index (χ2v) is 11.4. The minimum atomic E-state index is -0.747. The number of fused-ring (bicyclic) bond motifs is 1. The number of likely N-dealkylation sites (tertiary alicyclic amines) is 1. The van der Waals surface area contributed by atoms with E-state index in [-0.39, 0.29) is 41.5 Å². The summed E-state index contributed by atoms with van der Waals surface area (Å²) in [6.45, 7) is 8.18. The van der Waals surface area contributed by atoms with E-state index in [2.05, 4.69) is 17.6 Å². The highest BCUT2D eigenvalue weighted by molar-refractivity contribution is 8.02. The van der Waals surface area contributed by atoms with E-state index >= 15 is 0 Å². The first-order valence-corrected chi connectivity index (χ1v) is 12.9. The molecule has 3 amide bonds. The molecule has 180 valence electrons. The van der Waals surface area contributed by atoms with E-state index in [4.69, 9.17) is 0 Å². The van der Waals surface area contributed by atoms with Crippen molar-refractivity contribution in [1.82, 2.24) is 15.5 Å². The van der Waals surface area contributed by atoms with Crippen molar-refractivity contribution in [2.24, 2.45) is 17.8 Å². The highest BCUT2D eigenvalue weighted by Crippen LogP contribution is 2.69. The van der Waals surface area contributed by atoms with Crippen molar-refractivity contribution in [2.45, 2.75) is 68.7 Å². The third-order valence-corrected chi connectivity index (χ3v) is 9.48. The van der Waals surface area contributed by atoms with Crippen molar-refractivity contribution in [2.75, 3.05) is 13.2 Å². The third kappa shape index (κ3) is 3.75. The lowest BCUT2D eigenvalue weighted by Crippen LogP contribution is -2.58. The van der Waals surface area contributed by atoms with Crippen LogP contribution in [0.2, 0.25) is 0 Å². The number of carbonyl (C=O) groups is 3. The van der Waals surface area contributed by atoms with Crippen LogP contribution in [0.15, 0.2) is 30.3 Å². The monoisotopic (exact) mass is 473 g/mol. The molecule has 0 aromatic heterocycles. The Balaban J connectivity index is 1.81. The van der Waals surface area contributed by atoms with Crippen molar-refractivity contribution in [3.63, 3.8) is 0 Å². The molecule has 0 aliphatic carbocycles. The molecule has 3 aliphatic rings. The zero-order valence-electron chi connectivity index (χ0n) is 19.8. The minimum absolute atomic E-state index is 0.0200. The molecule has 0 saturated carbocycles. The Morgan fingerprint density at radius 2 is 1.94 bits per heavy atom. The molecule has 3 unspecified atom stereocenters. The van der Waals surface area contributed by atoms with Crippen LogP contribution in [0.3, 0.4) is 0 Å². The number of thioether (sulfide) groups is 1. The van der Waals surface area contributed by atoms with Crippen molar-refractivity contribution < 1.29 is 19.5 Å². The van der Waals surface area contributed by atoms with E-state index < -0.39 is 28.7 Å². The van der Waals surface area contributed by atoms with Crippen molar-refractivity contribution in [3.8, 4) is 0 Å². The van der Waals surface area contributed by atoms with Gasteiger partial charge >= 0.3 is 0 Å². The Morgan fingerprint density at radius 3 is 2.55 bits per heavy atom. The maximum Gasteiger partial charge on any atom is 0.244 e. The number of nitrogens with zero attached hydrogens (tertiary/aromatic N) is 1. The summed E-state index contributed by atoms with van der Waals surface area (Å²) < 4.78 is -0.683. The molecule has 8 heteroatoms. The quantitative estimate of drug-likeness (QED) is 0.537. The van der Waals surface area contributed by atoms with Crippen molar-refractivity contribution in [1.29, 1.82) is 0 Å². The number of hydrogen-bond donors (Lipinski definition) is 3. The molecule has 2 bridgehead atoms. The molecule has 7 nitrogen and oxygen atoms in total. The van der Waals surface area contributed by atoms with Gasteiger partial charge in [-0.3, -0.25) is 14.4 Å². The molecule has 1 aromatic carbocycles. The zero-order chi connectivity index (χ0) is 23.9. The van der Waals surface area contributed by atoms with Gasteiger partial charge in [-0.1, -0.05) is 44.2 Å². The van der Waals surface area contributed by atoms with Crippen LogP contribution in [0.5, 0.6) is 0 Å².